The normalized spacial score (nSPS) is 9.86. The molecule has 3 rings (SSSR count). The second-order valence-electron chi connectivity index (χ2n) is 5.56. The minimum Gasteiger partial charge on any atom is -0.465 e. The molecule has 0 aliphatic rings. The molecule has 8 heteroatoms. The molecule has 0 aliphatic carbocycles. The Labute approximate surface area is 160 Å². The van der Waals surface area contributed by atoms with Gasteiger partial charge in [-0.3, -0.25) is 4.79 Å². The molecular weight excluding hydrogens is 358 g/mol. The van der Waals surface area contributed by atoms with Gasteiger partial charge >= 0.3 is 5.97 Å². The van der Waals surface area contributed by atoms with E-state index in [0.717, 1.165) is 0 Å². The number of nitrogens with zero attached hydrogens (tertiary/aromatic N) is 3. The number of rotatable bonds is 5. The van der Waals surface area contributed by atoms with Crippen molar-refractivity contribution in [3.05, 3.63) is 77.7 Å². The second kappa shape index (κ2) is 8.42. The molecule has 8 nitrogen and oxygen atoms in total. The van der Waals surface area contributed by atoms with Crippen molar-refractivity contribution >= 4 is 29.1 Å². The molecule has 0 spiro atoms. The lowest BCUT2D eigenvalue weighted by molar-refractivity contribution is 0.0602. The number of carbonyl (C=O) groups excluding carboxylic acids is 2. The molecule has 0 bridgehead atoms. The predicted octanol–water partition coefficient (Wildman–Crippen LogP) is 3.13. The summed E-state index contributed by atoms with van der Waals surface area (Å²) in [5, 5.41) is 14.7. The van der Waals surface area contributed by atoms with E-state index in [2.05, 4.69) is 26.7 Å². The Morgan fingerprint density at radius 3 is 2.39 bits per heavy atom. The standard InChI is InChI=1S/C20H15N5O3/c1-28-20(27)14-7-3-5-9-16(14)25-19(26)17-11-23-18(12-22-17)24-15-8-4-2-6-13(15)10-21/h2-9,11-12H,1H3,(H,23,24)(H,25,26). The quantitative estimate of drug-likeness (QED) is 0.660. The van der Waals surface area contributed by atoms with Crippen LogP contribution < -0.4 is 10.6 Å². The topological polar surface area (TPSA) is 117 Å². The van der Waals surface area contributed by atoms with Gasteiger partial charge < -0.3 is 15.4 Å². The van der Waals surface area contributed by atoms with Crippen LogP contribution >= 0.6 is 0 Å². The van der Waals surface area contributed by atoms with Gasteiger partial charge in [-0.1, -0.05) is 24.3 Å². The summed E-state index contributed by atoms with van der Waals surface area (Å²) in [6, 6.07) is 15.5. The number of hydrogen-bond acceptors (Lipinski definition) is 7. The van der Waals surface area contributed by atoms with Crippen LogP contribution in [0.15, 0.2) is 60.9 Å². The molecule has 1 heterocycles. The molecule has 0 saturated heterocycles. The Hall–Kier alpha value is -4.25. The summed E-state index contributed by atoms with van der Waals surface area (Å²) in [6.07, 6.45) is 2.68. The molecule has 0 aliphatic heterocycles. The van der Waals surface area contributed by atoms with Gasteiger partial charge in [0.2, 0.25) is 0 Å². The molecule has 0 fully saturated rings. The van der Waals surface area contributed by atoms with Gasteiger partial charge in [0.05, 0.1) is 42.0 Å². The number of anilines is 3. The fraction of sp³-hybridized carbons (Fsp3) is 0.0500. The highest BCUT2D eigenvalue weighted by Crippen LogP contribution is 2.19. The molecule has 3 aromatic rings. The third-order valence-electron chi connectivity index (χ3n) is 3.78. The zero-order chi connectivity index (χ0) is 19.9. The van der Waals surface area contributed by atoms with E-state index in [-0.39, 0.29) is 11.3 Å². The maximum absolute atomic E-state index is 12.4. The van der Waals surface area contributed by atoms with Crippen LogP contribution in [0.4, 0.5) is 17.2 Å². The number of carbonyl (C=O) groups is 2. The fourth-order valence-electron chi connectivity index (χ4n) is 2.40. The second-order valence-corrected chi connectivity index (χ2v) is 5.56. The first-order chi connectivity index (χ1) is 13.6. The van der Waals surface area contributed by atoms with Crippen molar-refractivity contribution in [2.24, 2.45) is 0 Å². The van der Waals surface area contributed by atoms with Gasteiger partial charge in [-0.25, -0.2) is 14.8 Å². The average Bonchev–Trinajstić information content (AvgIpc) is 2.74. The van der Waals surface area contributed by atoms with Crippen LogP contribution in [0.1, 0.15) is 26.4 Å². The van der Waals surface area contributed by atoms with E-state index in [4.69, 9.17) is 10.00 Å². The van der Waals surface area contributed by atoms with Crippen molar-refractivity contribution in [1.29, 1.82) is 5.26 Å². The number of nitriles is 1. The van der Waals surface area contributed by atoms with E-state index in [9.17, 15) is 9.59 Å². The lowest BCUT2D eigenvalue weighted by Gasteiger charge is -2.10. The molecule has 1 amide bonds. The predicted molar refractivity (Wildman–Crippen MR) is 102 cm³/mol. The number of aromatic nitrogens is 2. The van der Waals surface area contributed by atoms with Crippen LogP contribution in [-0.2, 0) is 4.74 Å². The molecule has 138 valence electrons. The van der Waals surface area contributed by atoms with Gasteiger partial charge in [0.25, 0.3) is 5.91 Å². The van der Waals surface area contributed by atoms with E-state index in [1.165, 1.54) is 19.5 Å². The first kappa shape index (κ1) is 18.5. The minimum atomic E-state index is -0.558. The third-order valence-corrected chi connectivity index (χ3v) is 3.78. The minimum absolute atomic E-state index is 0.0683. The first-order valence-electron chi connectivity index (χ1n) is 8.19. The molecule has 2 aromatic carbocycles. The van der Waals surface area contributed by atoms with Crippen LogP contribution in [0.5, 0.6) is 0 Å². The van der Waals surface area contributed by atoms with E-state index >= 15 is 0 Å². The summed E-state index contributed by atoms with van der Waals surface area (Å²) in [6.45, 7) is 0. The van der Waals surface area contributed by atoms with Crippen molar-refractivity contribution in [3.63, 3.8) is 0 Å². The Bertz CT molecular complexity index is 1060. The SMILES string of the molecule is COC(=O)c1ccccc1NC(=O)c1cnc(Nc2ccccc2C#N)cn1. The van der Waals surface area contributed by atoms with Crippen LogP contribution in [0, 0.1) is 11.3 Å². The molecular formula is C20H15N5O3. The molecule has 0 atom stereocenters. The fourth-order valence-corrected chi connectivity index (χ4v) is 2.40. The van der Waals surface area contributed by atoms with Crippen molar-refractivity contribution in [1.82, 2.24) is 9.97 Å². The lowest BCUT2D eigenvalue weighted by atomic mass is 10.1. The summed E-state index contributed by atoms with van der Waals surface area (Å²) in [5.74, 6) is -0.695. The number of methoxy groups -OCH3 is 1. The molecule has 1 aromatic heterocycles. The maximum Gasteiger partial charge on any atom is 0.339 e. The van der Waals surface area contributed by atoms with Gasteiger partial charge in [-0.2, -0.15) is 5.26 Å². The highest BCUT2D eigenvalue weighted by molar-refractivity contribution is 6.06. The molecule has 2 N–H and O–H groups in total. The molecule has 28 heavy (non-hydrogen) atoms. The van der Waals surface area contributed by atoms with Gasteiger partial charge in [-0.15, -0.1) is 0 Å². The van der Waals surface area contributed by atoms with E-state index in [1.807, 2.05) is 0 Å². The van der Waals surface area contributed by atoms with Gasteiger partial charge in [-0.05, 0) is 24.3 Å². The number of nitrogens with one attached hydrogen (secondary N) is 2. The van der Waals surface area contributed by atoms with Gasteiger partial charge in [0.1, 0.15) is 17.6 Å². The monoisotopic (exact) mass is 373 g/mol. The van der Waals surface area contributed by atoms with Crippen molar-refractivity contribution in [2.75, 3.05) is 17.7 Å². The van der Waals surface area contributed by atoms with E-state index < -0.39 is 11.9 Å². The van der Waals surface area contributed by atoms with Crippen molar-refractivity contribution in [2.45, 2.75) is 0 Å². The highest BCUT2D eigenvalue weighted by Gasteiger charge is 2.15. The number of para-hydroxylation sites is 2. The molecule has 0 saturated carbocycles. The van der Waals surface area contributed by atoms with E-state index in [0.29, 0.717) is 22.8 Å². The van der Waals surface area contributed by atoms with Crippen LogP contribution in [-0.4, -0.2) is 29.0 Å². The number of ether oxygens (including phenoxy) is 1. The Kier molecular flexibility index (Phi) is 5.58. The van der Waals surface area contributed by atoms with Crippen LogP contribution in [0.2, 0.25) is 0 Å². The summed E-state index contributed by atoms with van der Waals surface area (Å²) in [5.41, 5.74) is 1.66. The van der Waals surface area contributed by atoms with Crippen LogP contribution in [0.25, 0.3) is 0 Å². The van der Waals surface area contributed by atoms with Crippen molar-refractivity contribution < 1.29 is 14.3 Å². The average molecular weight is 373 g/mol. The molecule has 0 radical (unpaired) electrons. The van der Waals surface area contributed by atoms with E-state index in [1.54, 1.807) is 48.5 Å². The third kappa shape index (κ3) is 4.11. The zero-order valence-corrected chi connectivity index (χ0v) is 14.8. The number of esters is 1. The number of hydrogen-bond donors (Lipinski definition) is 2. The number of amides is 1. The summed E-state index contributed by atoms with van der Waals surface area (Å²) in [7, 11) is 1.27. The van der Waals surface area contributed by atoms with Crippen molar-refractivity contribution in [3.8, 4) is 6.07 Å². The first-order valence-corrected chi connectivity index (χ1v) is 8.19. The highest BCUT2D eigenvalue weighted by atomic mass is 16.5. The number of benzene rings is 2. The molecule has 0 unspecified atom stereocenters. The Morgan fingerprint density at radius 1 is 1.00 bits per heavy atom. The largest absolute Gasteiger partial charge is 0.465 e. The summed E-state index contributed by atoms with van der Waals surface area (Å²) in [4.78, 5) is 32.4. The van der Waals surface area contributed by atoms with Crippen LogP contribution in [0.3, 0.4) is 0 Å². The zero-order valence-electron chi connectivity index (χ0n) is 14.8. The van der Waals surface area contributed by atoms with Gasteiger partial charge in [0, 0.05) is 0 Å². The maximum atomic E-state index is 12.4. The Balaban J connectivity index is 1.75. The summed E-state index contributed by atoms with van der Waals surface area (Å²) < 4.78 is 4.71. The summed E-state index contributed by atoms with van der Waals surface area (Å²) >= 11 is 0. The lowest BCUT2D eigenvalue weighted by Crippen LogP contribution is -2.17. The smallest absolute Gasteiger partial charge is 0.339 e. The Morgan fingerprint density at radius 2 is 1.71 bits per heavy atom. The van der Waals surface area contributed by atoms with Gasteiger partial charge in [0.15, 0.2) is 0 Å².